The molecule has 1 aromatic heterocycles. The second-order valence-corrected chi connectivity index (χ2v) is 8.31. The van der Waals surface area contributed by atoms with Gasteiger partial charge >= 0.3 is 5.97 Å². The molecule has 0 radical (unpaired) electrons. The van der Waals surface area contributed by atoms with Crippen molar-refractivity contribution in [2.45, 2.75) is 73.0 Å². The molecule has 2 aromatic rings. The maximum Gasteiger partial charge on any atom is 0.326 e. The summed E-state index contributed by atoms with van der Waals surface area (Å²) in [7, 11) is 0. The molecule has 4 heteroatoms. The largest absolute Gasteiger partial charge is 0.461 e. The number of ether oxygens (including phenoxy) is 1. The fourth-order valence-electron chi connectivity index (χ4n) is 4.31. The lowest BCUT2D eigenvalue weighted by molar-refractivity contribution is -0.156. The Morgan fingerprint density at radius 3 is 2.81 bits per heavy atom. The van der Waals surface area contributed by atoms with Crippen LogP contribution in [0.2, 0.25) is 0 Å². The number of imidazole rings is 1. The number of rotatable bonds is 5. The van der Waals surface area contributed by atoms with Crippen molar-refractivity contribution in [3.05, 3.63) is 29.6 Å². The first kappa shape index (κ1) is 18.9. The topological polar surface area (TPSA) is 44.1 Å². The second-order valence-electron chi connectivity index (χ2n) is 8.31. The Morgan fingerprint density at radius 2 is 2.12 bits per heavy atom. The van der Waals surface area contributed by atoms with Gasteiger partial charge in [-0.1, -0.05) is 40.2 Å². The van der Waals surface area contributed by atoms with Crippen molar-refractivity contribution >= 4 is 17.0 Å². The van der Waals surface area contributed by atoms with Gasteiger partial charge in [-0.2, -0.15) is 0 Å². The molecule has 0 bridgehead atoms. The van der Waals surface area contributed by atoms with E-state index in [9.17, 15) is 4.79 Å². The van der Waals surface area contributed by atoms with Gasteiger partial charge < -0.3 is 9.30 Å². The van der Waals surface area contributed by atoms with Gasteiger partial charge in [0.15, 0.2) is 0 Å². The SMILES string of the molecule is CCc1nc2ccc(C)cc2n1CC(=O)O[C@@H]1C[C@H](C)CC[C@H]1C(C)C. The summed E-state index contributed by atoms with van der Waals surface area (Å²) in [5, 5.41) is 0. The minimum atomic E-state index is -0.134. The lowest BCUT2D eigenvalue weighted by atomic mass is 9.75. The third-order valence-electron chi connectivity index (χ3n) is 5.83. The van der Waals surface area contributed by atoms with E-state index in [1.807, 2.05) is 10.6 Å². The van der Waals surface area contributed by atoms with Gasteiger partial charge in [0.25, 0.3) is 0 Å². The molecule has 1 heterocycles. The quantitative estimate of drug-likeness (QED) is 0.715. The van der Waals surface area contributed by atoms with E-state index in [1.165, 1.54) is 12.0 Å². The zero-order valence-electron chi connectivity index (χ0n) is 16.8. The number of carbonyl (C=O) groups excluding carboxylic acids is 1. The van der Waals surface area contributed by atoms with Crippen molar-refractivity contribution in [3.63, 3.8) is 0 Å². The Hall–Kier alpha value is -1.84. The number of aromatic nitrogens is 2. The zero-order chi connectivity index (χ0) is 18.8. The molecule has 1 aliphatic carbocycles. The molecule has 142 valence electrons. The third kappa shape index (κ3) is 3.94. The van der Waals surface area contributed by atoms with Crippen LogP contribution in [0.15, 0.2) is 18.2 Å². The van der Waals surface area contributed by atoms with Crippen LogP contribution in [0.3, 0.4) is 0 Å². The summed E-state index contributed by atoms with van der Waals surface area (Å²) in [6.07, 6.45) is 4.23. The minimum absolute atomic E-state index is 0.0489. The monoisotopic (exact) mass is 356 g/mol. The normalized spacial score (nSPS) is 23.5. The Labute approximate surface area is 156 Å². The van der Waals surface area contributed by atoms with Crippen LogP contribution in [0.25, 0.3) is 11.0 Å². The van der Waals surface area contributed by atoms with E-state index < -0.39 is 0 Å². The van der Waals surface area contributed by atoms with Gasteiger partial charge in [-0.05, 0) is 55.2 Å². The van der Waals surface area contributed by atoms with Crippen molar-refractivity contribution < 1.29 is 9.53 Å². The highest BCUT2D eigenvalue weighted by Crippen LogP contribution is 2.35. The number of esters is 1. The van der Waals surface area contributed by atoms with E-state index in [2.05, 4.69) is 51.7 Å². The highest BCUT2D eigenvalue weighted by atomic mass is 16.5. The van der Waals surface area contributed by atoms with Crippen molar-refractivity contribution in [1.82, 2.24) is 9.55 Å². The average molecular weight is 357 g/mol. The van der Waals surface area contributed by atoms with Gasteiger partial charge in [0.1, 0.15) is 18.5 Å². The average Bonchev–Trinajstić information content (AvgIpc) is 2.91. The van der Waals surface area contributed by atoms with Crippen LogP contribution in [0.4, 0.5) is 0 Å². The van der Waals surface area contributed by atoms with E-state index in [4.69, 9.17) is 4.74 Å². The van der Waals surface area contributed by atoms with E-state index in [1.54, 1.807) is 0 Å². The van der Waals surface area contributed by atoms with Crippen LogP contribution in [0, 0.1) is 24.7 Å². The molecule has 0 N–H and O–H groups in total. The van der Waals surface area contributed by atoms with Crippen LogP contribution in [-0.4, -0.2) is 21.6 Å². The zero-order valence-corrected chi connectivity index (χ0v) is 16.8. The van der Waals surface area contributed by atoms with Crippen molar-refractivity contribution in [2.24, 2.45) is 17.8 Å². The molecule has 1 saturated carbocycles. The molecular weight excluding hydrogens is 324 g/mol. The predicted molar refractivity (Wildman–Crippen MR) is 105 cm³/mol. The highest BCUT2D eigenvalue weighted by Gasteiger charge is 2.33. The molecule has 3 rings (SSSR count). The Kier molecular flexibility index (Phi) is 5.69. The summed E-state index contributed by atoms with van der Waals surface area (Å²) >= 11 is 0. The van der Waals surface area contributed by atoms with Crippen molar-refractivity contribution in [1.29, 1.82) is 0 Å². The van der Waals surface area contributed by atoms with Crippen molar-refractivity contribution in [2.75, 3.05) is 0 Å². The number of hydrogen-bond acceptors (Lipinski definition) is 3. The van der Waals surface area contributed by atoms with Crippen molar-refractivity contribution in [3.8, 4) is 0 Å². The summed E-state index contributed by atoms with van der Waals surface area (Å²) in [6, 6.07) is 6.20. The molecule has 3 atom stereocenters. The van der Waals surface area contributed by atoms with E-state index in [0.29, 0.717) is 17.8 Å². The first-order valence-corrected chi connectivity index (χ1v) is 10.0. The standard InChI is InChI=1S/C22H32N2O2/c1-6-21-23-18-10-8-15(4)11-19(18)24(21)13-22(25)26-20-12-16(5)7-9-17(20)14(2)3/h8,10-11,14,16-17,20H,6-7,9,12-13H2,1-5H3/t16-,17+,20-/m1/s1. The number of aryl methyl sites for hydroxylation is 2. The van der Waals surface area contributed by atoms with Gasteiger partial charge in [0.2, 0.25) is 0 Å². The van der Waals surface area contributed by atoms with E-state index in [-0.39, 0.29) is 18.6 Å². The lowest BCUT2D eigenvalue weighted by Gasteiger charge is -2.36. The third-order valence-corrected chi connectivity index (χ3v) is 5.83. The van der Waals surface area contributed by atoms with Crippen LogP contribution in [0.1, 0.15) is 58.3 Å². The molecule has 0 spiro atoms. The molecule has 4 nitrogen and oxygen atoms in total. The molecule has 0 amide bonds. The number of carbonyl (C=O) groups is 1. The maximum atomic E-state index is 12.8. The number of hydrogen-bond donors (Lipinski definition) is 0. The maximum absolute atomic E-state index is 12.8. The summed E-state index contributed by atoms with van der Waals surface area (Å²) < 4.78 is 8.03. The summed E-state index contributed by atoms with van der Waals surface area (Å²) in [5.41, 5.74) is 3.15. The van der Waals surface area contributed by atoms with E-state index >= 15 is 0 Å². The fraction of sp³-hybridized carbons (Fsp3) is 0.636. The molecular formula is C22H32N2O2. The fourth-order valence-corrected chi connectivity index (χ4v) is 4.31. The lowest BCUT2D eigenvalue weighted by Crippen LogP contribution is -2.36. The highest BCUT2D eigenvalue weighted by molar-refractivity contribution is 5.79. The van der Waals surface area contributed by atoms with Crippen LogP contribution in [0.5, 0.6) is 0 Å². The smallest absolute Gasteiger partial charge is 0.326 e. The predicted octanol–water partition coefficient (Wildman–Crippen LogP) is 4.91. The van der Waals surface area contributed by atoms with Gasteiger partial charge in [-0.25, -0.2) is 4.98 Å². The first-order chi connectivity index (χ1) is 12.4. The van der Waals surface area contributed by atoms with Gasteiger partial charge in [0.05, 0.1) is 11.0 Å². The molecule has 0 aliphatic heterocycles. The minimum Gasteiger partial charge on any atom is -0.461 e. The molecule has 1 aliphatic rings. The number of nitrogens with zero attached hydrogens (tertiary/aromatic N) is 2. The summed E-state index contributed by atoms with van der Waals surface area (Å²) in [4.78, 5) is 17.5. The van der Waals surface area contributed by atoms with Crippen LogP contribution < -0.4 is 0 Å². The number of benzene rings is 1. The molecule has 1 aromatic carbocycles. The molecule has 1 fully saturated rings. The van der Waals surface area contributed by atoms with Crippen LogP contribution in [-0.2, 0) is 22.5 Å². The van der Waals surface area contributed by atoms with E-state index in [0.717, 1.165) is 36.1 Å². The summed E-state index contributed by atoms with van der Waals surface area (Å²) in [5.74, 6) is 2.46. The van der Waals surface area contributed by atoms with Crippen LogP contribution >= 0.6 is 0 Å². The van der Waals surface area contributed by atoms with Gasteiger partial charge in [0, 0.05) is 6.42 Å². The Morgan fingerprint density at radius 1 is 1.35 bits per heavy atom. The number of fused-ring (bicyclic) bond motifs is 1. The first-order valence-electron chi connectivity index (χ1n) is 10.0. The second kappa shape index (κ2) is 7.81. The molecule has 26 heavy (non-hydrogen) atoms. The Bertz CT molecular complexity index is 778. The molecule has 0 saturated heterocycles. The summed E-state index contributed by atoms with van der Waals surface area (Å²) in [6.45, 7) is 11.1. The van der Waals surface area contributed by atoms with Gasteiger partial charge in [-0.15, -0.1) is 0 Å². The van der Waals surface area contributed by atoms with Gasteiger partial charge in [-0.3, -0.25) is 4.79 Å². The Balaban J connectivity index is 1.79. The molecule has 0 unspecified atom stereocenters.